The molecule has 94 valence electrons. The molecule has 1 saturated carbocycles. The van der Waals surface area contributed by atoms with Crippen molar-refractivity contribution in [2.75, 3.05) is 7.11 Å². The van der Waals surface area contributed by atoms with Crippen LogP contribution in [0.15, 0.2) is 0 Å². The van der Waals surface area contributed by atoms with Gasteiger partial charge in [0.05, 0.1) is 5.92 Å². The maximum Gasteiger partial charge on any atom is 0.310 e. The molecule has 0 aromatic heterocycles. The maximum atomic E-state index is 11.7. The molecule has 0 spiro atoms. The number of rotatable bonds is 5. The van der Waals surface area contributed by atoms with Gasteiger partial charge in [-0.1, -0.05) is 33.1 Å². The lowest BCUT2D eigenvalue weighted by atomic mass is 9.89. The van der Waals surface area contributed by atoms with Gasteiger partial charge in [-0.25, -0.2) is 0 Å². The molecular formula is C13H24O3. The summed E-state index contributed by atoms with van der Waals surface area (Å²) in [7, 11) is 1.63. The first-order chi connectivity index (χ1) is 7.69. The standard InChI is InChI=1S/C13H24O3/c1-4-10(2)12(14)16-13(15-3)11-8-6-5-7-9-11/h10-11,13H,4-9H2,1-3H3. The molecule has 1 aliphatic rings. The van der Waals surface area contributed by atoms with Crippen molar-refractivity contribution in [1.82, 2.24) is 0 Å². The first-order valence-corrected chi connectivity index (χ1v) is 6.42. The summed E-state index contributed by atoms with van der Waals surface area (Å²) in [5.41, 5.74) is 0. The number of ether oxygens (including phenoxy) is 2. The Balaban J connectivity index is 2.44. The number of hydrogen-bond donors (Lipinski definition) is 0. The van der Waals surface area contributed by atoms with E-state index in [-0.39, 0.29) is 18.2 Å². The van der Waals surface area contributed by atoms with Gasteiger partial charge in [-0.2, -0.15) is 0 Å². The van der Waals surface area contributed by atoms with Gasteiger partial charge in [0.1, 0.15) is 0 Å². The lowest BCUT2D eigenvalue weighted by Crippen LogP contribution is -2.32. The van der Waals surface area contributed by atoms with Crippen LogP contribution in [0.25, 0.3) is 0 Å². The van der Waals surface area contributed by atoms with Crippen molar-refractivity contribution < 1.29 is 14.3 Å². The summed E-state index contributed by atoms with van der Waals surface area (Å²) in [4.78, 5) is 11.7. The third-order valence-electron chi connectivity index (χ3n) is 3.51. The fraction of sp³-hybridized carbons (Fsp3) is 0.923. The van der Waals surface area contributed by atoms with Crippen LogP contribution in [0.5, 0.6) is 0 Å². The summed E-state index contributed by atoms with van der Waals surface area (Å²) in [5, 5.41) is 0. The van der Waals surface area contributed by atoms with Crippen LogP contribution in [0, 0.1) is 11.8 Å². The van der Waals surface area contributed by atoms with Crippen molar-refractivity contribution in [3.8, 4) is 0 Å². The van der Waals surface area contributed by atoms with Crippen LogP contribution in [0.2, 0.25) is 0 Å². The summed E-state index contributed by atoms with van der Waals surface area (Å²) in [6.45, 7) is 3.89. The zero-order valence-electron chi connectivity index (χ0n) is 10.7. The molecule has 0 N–H and O–H groups in total. The Kier molecular flexibility index (Phi) is 5.81. The molecule has 2 unspecified atom stereocenters. The third kappa shape index (κ3) is 3.78. The molecule has 2 atom stereocenters. The molecular weight excluding hydrogens is 204 g/mol. The molecule has 0 aliphatic heterocycles. The molecule has 0 aromatic carbocycles. The Morgan fingerprint density at radius 1 is 1.31 bits per heavy atom. The van der Waals surface area contributed by atoms with E-state index in [4.69, 9.17) is 9.47 Å². The Bertz CT molecular complexity index is 209. The predicted octanol–water partition coefficient (Wildman–Crippen LogP) is 3.13. The van der Waals surface area contributed by atoms with E-state index in [0.29, 0.717) is 5.92 Å². The van der Waals surface area contributed by atoms with E-state index in [0.717, 1.165) is 19.3 Å². The quantitative estimate of drug-likeness (QED) is 0.535. The zero-order chi connectivity index (χ0) is 12.0. The zero-order valence-corrected chi connectivity index (χ0v) is 10.7. The topological polar surface area (TPSA) is 35.5 Å². The predicted molar refractivity (Wildman–Crippen MR) is 62.9 cm³/mol. The molecule has 1 aliphatic carbocycles. The van der Waals surface area contributed by atoms with Gasteiger partial charge in [0.15, 0.2) is 0 Å². The molecule has 0 aromatic rings. The SMILES string of the molecule is CCC(C)C(=O)OC(OC)C1CCCCC1. The molecule has 1 fully saturated rings. The first-order valence-electron chi connectivity index (χ1n) is 6.42. The molecule has 0 heterocycles. The Morgan fingerprint density at radius 2 is 1.94 bits per heavy atom. The summed E-state index contributed by atoms with van der Waals surface area (Å²) >= 11 is 0. The van der Waals surface area contributed by atoms with E-state index >= 15 is 0 Å². The average Bonchev–Trinajstić information content (AvgIpc) is 2.35. The Hall–Kier alpha value is -0.570. The van der Waals surface area contributed by atoms with Crippen molar-refractivity contribution in [3.63, 3.8) is 0 Å². The van der Waals surface area contributed by atoms with Crippen molar-refractivity contribution in [1.29, 1.82) is 0 Å². The van der Waals surface area contributed by atoms with Gasteiger partial charge in [0, 0.05) is 13.0 Å². The molecule has 0 saturated heterocycles. The fourth-order valence-electron chi connectivity index (χ4n) is 2.14. The second-order valence-corrected chi connectivity index (χ2v) is 4.75. The summed E-state index contributed by atoms with van der Waals surface area (Å²) in [5.74, 6) is 0.243. The fourth-order valence-corrected chi connectivity index (χ4v) is 2.14. The summed E-state index contributed by atoms with van der Waals surface area (Å²) < 4.78 is 10.7. The minimum atomic E-state index is -0.332. The molecule has 0 bridgehead atoms. The lowest BCUT2D eigenvalue weighted by Gasteiger charge is -2.29. The monoisotopic (exact) mass is 228 g/mol. The van der Waals surface area contributed by atoms with Crippen molar-refractivity contribution in [3.05, 3.63) is 0 Å². The highest BCUT2D eigenvalue weighted by Gasteiger charge is 2.27. The van der Waals surface area contributed by atoms with Gasteiger partial charge in [0.25, 0.3) is 0 Å². The highest BCUT2D eigenvalue weighted by molar-refractivity contribution is 5.72. The maximum absolute atomic E-state index is 11.7. The molecule has 3 nitrogen and oxygen atoms in total. The molecule has 0 radical (unpaired) electrons. The van der Waals surface area contributed by atoms with E-state index in [1.165, 1.54) is 19.3 Å². The van der Waals surface area contributed by atoms with Gasteiger partial charge in [-0.05, 0) is 19.3 Å². The van der Waals surface area contributed by atoms with Crippen molar-refractivity contribution in [2.45, 2.75) is 58.7 Å². The van der Waals surface area contributed by atoms with Crippen LogP contribution in [-0.2, 0) is 14.3 Å². The van der Waals surface area contributed by atoms with Crippen LogP contribution in [0.1, 0.15) is 52.4 Å². The minimum Gasteiger partial charge on any atom is -0.435 e. The molecule has 3 heteroatoms. The van der Waals surface area contributed by atoms with E-state index < -0.39 is 0 Å². The largest absolute Gasteiger partial charge is 0.435 e. The van der Waals surface area contributed by atoms with Crippen molar-refractivity contribution >= 4 is 5.97 Å². The molecule has 1 rings (SSSR count). The lowest BCUT2D eigenvalue weighted by molar-refractivity contribution is -0.191. The summed E-state index contributed by atoms with van der Waals surface area (Å²) in [6.07, 6.45) is 6.48. The van der Waals surface area contributed by atoms with Crippen molar-refractivity contribution in [2.24, 2.45) is 11.8 Å². The van der Waals surface area contributed by atoms with Gasteiger partial charge in [-0.15, -0.1) is 0 Å². The number of carbonyl (C=O) groups is 1. The number of hydrogen-bond acceptors (Lipinski definition) is 3. The van der Waals surface area contributed by atoms with Crippen LogP contribution < -0.4 is 0 Å². The molecule has 16 heavy (non-hydrogen) atoms. The van der Waals surface area contributed by atoms with Crippen LogP contribution in [0.3, 0.4) is 0 Å². The van der Waals surface area contributed by atoms with E-state index in [2.05, 4.69) is 0 Å². The molecule has 0 amide bonds. The van der Waals surface area contributed by atoms with Gasteiger partial charge < -0.3 is 9.47 Å². The third-order valence-corrected chi connectivity index (χ3v) is 3.51. The smallest absolute Gasteiger partial charge is 0.310 e. The highest BCUT2D eigenvalue weighted by Crippen LogP contribution is 2.28. The van der Waals surface area contributed by atoms with E-state index in [1.807, 2.05) is 13.8 Å². The van der Waals surface area contributed by atoms with E-state index in [9.17, 15) is 4.79 Å². The number of carbonyl (C=O) groups excluding carboxylic acids is 1. The first kappa shape index (κ1) is 13.5. The van der Waals surface area contributed by atoms with Crippen LogP contribution in [0.4, 0.5) is 0 Å². The number of methoxy groups -OCH3 is 1. The highest BCUT2D eigenvalue weighted by atomic mass is 16.7. The second kappa shape index (κ2) is 6.89. The Labute approximate surface area is 98.5 Å². The van der Waals surface area contributed by atoms with Gasteiger partial charge >= 0.3 is 5.97 Å². The normalized spacial score (nSPS) is 21.4. The minimum absolute atomic E-state index is 0.0266. The van der Waals surface area contributed by atoms with Gasteiger partial charge in [0.2, 0.25) is 6.29 Å². The Morgan fingerprint density at radius 3 is 2.44 bits per heavy atom. The van der Waals surface area contributed by atoms with E-state index in [1.54, 1.807) is 7.11 Å². The second-order valence-electron chi connectivity index (χ2n) is 4.75. The number of esters is 1. The van der Waals surface area contributed by atoms with Crippen LogP contribution >= 0.6 is 0 Å². The van der Waals surface area contributed by atoms with Crippen LogP contribution in [-0.4, -0.2) is 19.4 Å². The average molecular weight is 228 g/mol. The summed E-state index contributed by atoms with van der Waals surface area (Å²) in [6, 6.07) is 0. The van der Waals surface area contributed by atoms with Gasteiger partial charge in [-0.3, -0.25) is 4.79 Å².